The first kappa shape index (κ1) is 42.9. The summed E-state index contributed by atoms with van der Waals surface area (Å²) in [7, 11) is 0. The number of aliphatic hydroxyl groups excluding tert-OH is 8. The van der Waals surface area contributed by atoms with E-state index in [2.05, 4.69) is 6.92 Å². The number of rotatable bonds is 5. The highest BCUT2D eigenvalue weighted by atomic mass is 16.6. The molecular formula is C37H62O10. The lowest BCUT2D eigenvalue weighted by molar-refractivity contribution is -0.158. The minimum absolute atomic E-state index is 0.00859. The summed E-state index contributed by atoms with van der Waals surface area (Å²) in [5, 5.41) is 83.5. The van der Waals surface area contributed by atoms with Gasteiger partial charge in [0.05, 0.1) is 48.6 Å². The number of allylic oxidation sites excluding steroid dienone is 8. The third-order valence-corrected chi connectivity index (χ3v) is 8.45. The number of carbonyl (C=O) groups excluding carboxylic acids is 1. The number of unbranched alkanes of at least 4 members (excludes halogenated alkanes) is 3. The van der Waals surface area contributed by atoms with E-state index in [1.165, 1.54) is 6.08 Å². The number of aliphatic hydroxyl groups is 8. The predicted molar refractivity (Wildman–Crippen MR) is 183 cm³/mol. The van der Waals surface area contributed by atoms with Crippen LogP contribution in [0.3, 0.4) is 0 Å². The molecule has 0 fully saturated rings. The zero-order valence-corrected chi connectivity index (χ0v) is 28.6. The second kappa shape index (κ2) is 24.9. The summed E-state index contributed by atoms with van der Waals surface area (Å²) >= 11 is 0. The molecule has 0 aromatic heterocycles. The lowest BCUT2D eigenvalue weighted by Crippen LogP contribution is -2.31. The fourth-order valence-corrected chi connectivity index (χ4v) is 5.53. The molecule has 0 unspecified atom stereocenters. The van der Waals surface area contributed by atoms with E-state index >= 15 is 0 Å². The van der Waals surface area contributed by atoms with Gasteiger partial charge in [-0.3, -0.25) is 4.79 Å². The summed E-state index contributed by atoms with van der Waals surface area (Å²) in [5.74, 6) is -0.904. The van der Waals surface area contributed by atoms with Crippen molar-refractivity contribution >= 4 is 5.97 Å². The van der Waals surface area contributed by atoms with Crippen molar-refractivity contribution in [1.82, 2.24) is 0 Å². The molecule has 0 amide bonds. The van der Waals surface area contributed by atoms with Crippen LogP contribution in [0.15, 0.2) is 60.3 Å². The molecule has 0 spiro atoms. The van der Waals surface area contributed by atoms with Crippen LogP contribution in [0.2, 0.25) is 0 Å². The average Bonchev–Trinajstić information content (AvgIpc) is 2.98. The monoisotopic (exact) mass is 666 g/mol. The summed E-state index contributed by atoms with van der Waals surface area (Å²) in [6.07, 6.45) is 11.3. The highest BCUT2D eigenvalue weighted by Gasteiger charge is 2.26. The quantitative estimate of drug-likeness (QED) is 0.159. The molecule has 10 atom stereocenters. The number of cyclic esters (lactones) is 1. The van der Waals surface area contributed by atoms with Crippen molar-refractivity contribution in [2.45, 2.75) is 159 Å². The Bertz CT molecular complexity index is 990. The standard InChI is InChI=1S/C37H62O10/c1-4-5-6-13-16-28-18-19-29(38)20-30(39)21-31(40)22-32(41)23-33(42)24-34(43)25-36(45)26(2)15-12-10-8-7-9-11-14-17-35(44)27(3)47-37(28)46/h7-12,14-15,17,27-36,38-45H,4-6,13,16,18-25H2,1-3H3/b8-7+,11-9+,12-10+,17-14+,26-15+/t27-,28-,29-,30-,31-,32-,33-,34-,35+,36+/m1/s1. The van der Waals surface area contributed by atoms with E-state index in [9.17, 15) is 45.6 Å². The van der Waals surface area contributed by atoms with Crippen molar-refractivity contribution in [3.8, 4) is 0 Å². The van der Waals surface area contributed by atoms with Gasteiger partial charge < -0.3 is 45.6 Å². The Hall–Kier alpha value is -2.15. The molecule has 0 aromatic carbocycles. The van der Waals surface area contributed by atoms with Gasteiger partial charge in [-0.25, -0.2) is 0 Å². The van der Waals surface area contributed by atoms with Gasteiger partial charge in [-0.15, -0.1) is 0 Å². The van der Waals surface area contributed by atoms with Crippen molar-refractivity contribution in [2.75, 3.05) is 0 Å². The first-order chi connectivity index (χ1) is 22.3. The molecule has 10 heteroatoms. The Morgan fingerprint density at radius 1 is 0.638 bits per heavy atom. The number of hydrogen-bond donors (Lipinski definition) is 8. The fourth-order valence-electron chi connectivity index (χ4n) is 5.53. The fraction of sp³-hybridized carbons (Fsp3) is 0.703. The third-order valence-electron chi connectivity index (χ3n) is 8.45. The maximum Gasteiger partial charge on any atom is 0.309 e. The second-order valence-electron chi connectivity index (χ2n) is 13.1. The van der Waals surface area contributed by atoms with Crippen LogP contribution >= 0.6 is 0 Å². The van der Waals surface area contributed by atoms with Gasteiger partial charge in [-0.1, -0.05) is 87.3 Å². The van der Waals surface area contributed by atoms with Gasteiger partial charge in [0.2, 0.25) is 0 Å². The molecule has 0 bridgehead atoms. The Kier molecular flexibility index (Phi) is 22.7. The van der Waals surface area contributed by atoms with Crippen LogP contribution < -0.4 is 0 Å². The molecule has 270 valence electrons. The van der Waals surface area contributed by atoms with Crippen LogP contribution in [-0.4, -0.2) is 102 Å². The lowest BCUT2D eigenvalue weighted by atomic mass is 9.92. The van der Waals surface area contributed by atoms with Crippen LogP contribution in [0.25, 0.3) is 0 Å². The summed E-state index contributed by atoms with van der Waals surface area (Å²) in [5.41, 5.74) is 0.625. The third kappa shape index (κ3) is 20.7. The van der Waals surface area contributed by atoms with Gasteiger partial charge in [0.1, 0.15) is 12.2 Å². The summed E-state index contributed by atoms with van der Waals surface area (Å²) in [6, 6.07) is 0. The molecule has 10 nitrogen and oxygen atoms in total. The molecule has 1 aliphatic heterocycles. The molecule has 0 aliphatic carbocycles. The Morgan fingerprint density at radius 2 is 1.13 bits per heavy atom. The SMILES string of the molecule is CCCCCC[C@@H]1CC[C@@H](O)C[C@@H](O)C[C@@H](O)C[C@@H](O)C[C@@H](O)C[C@@H](O)C[C@H](O)/C(C)=C/C=C/C=C/C=C/C=C/[C@H](O)[C@@H](C)OC1=O. The van der Waals surface area contributed by atoms with Crippen molar-refractivity contribution in [3.05, 3.63) is 60.3 Å². The summed E-state index contributed by atoms with van der Waals surface area (Å²) in [4.78, 5) is 13.1. The number of esters is 1. The molecule has 47 heavy (non-hydrogen) atoms. The maximum absolute atomic E-state index is 13.1. The maximum atomic E-state index is 13.1. The molecule has 8 N–H and O–H groups in total. The number of ether oxygens (including phenoxy) is 1. The van der Waals surface area contributed by atoms with E-state index in [-0.39, 0.29) is 44.9 Å². The first-order valence-electron chi connectivity index (χ1n) is 17.3. The zero-order valence-electron chi connectivity index (χ0n) is 28.6. The highest BCUT2D eigenvalue weighted by molar-refractivity contribution is 5.72. The van der Waals surface area contributed by atoms with Crippen LogP contribution in [0.5, 0.6) is 0 Å². The smallest absolute Gasteiger partial charge is 0.309 e. The van der Waals surface area contributed by atoms with E-state index in [0.29, 0.717) is 18.4 Å². The van der Waals surface area contributed by atoms with E-state index in [1.807, 2.05) is 0 Å². The van der Waals surface area contributed by atoms with E-state index in [1.54, 1.807) is 62.5 Å². The van der Waals surface area contributed by atoms with Gasteiger partial charge >= 0.3 is 5.97 Å². The first-order valence-corrected chi connectivity index (χ1v) is 17.3. The average molecular weight is 667 g/mol. The van der Waals surface area contributed by atoms with E-state index in [0.717, 1.165) is 25.7 Å². The Morgan fingerprint density at radius 3 is 1.68 bits per heavy atom. The molecule has 0 aromatic rings. The van der Waals surface area contributed by atoms with Crippen molar-refractivity contribution in [3.63, 3.8) is 0 Å². The molecule has 1 aliphatic rings. The summed E-state index contributed by atoms with van der Waals surface area (Å²) in [6.45, 7) is 5.46. The topological polar surface area (TPSA) is 188 Å². The Labute approximate surface area is 281 Å². The van der Waals surface area contributed by atoms with E-state index < -0.39 is 66.8 Å². The largest absolute Gasteiger partial charge is 0.459 e. The molecule has 0 radical (unpaired) electrons. The molecule has 1 heterocycles. The van der Waals surface area contributed by atoms with Gasteiger partial charge in [0, 0.05) is 6.42 Å². The normalized spacial score (nSPS) is 37.9. The minimum Gasteiger partial charge on any atom is -0.459 e. The molecular weight excluding hydrogens is 604 g/mol. The van der Waals surface area contributed by atoms with E-state index in [4.69, 9.17) is 4.74 Å². The highest BCUT2D eigenvalue weighted by Crippen LogP contribution is 2.23. The van der Waals surface area contributed by atoms with Gasteiger partial charge in [-0.2, -0.15) is 0 Å². The predicted octanol–water partition coefficient (Wildman–Crippen LogP) is 3.70. The van der Waals surface area contributed by atoms with Crippen LogP contribution in [-0.2, 0) is 9.53 Å². The van der Waals surface area contributed by atoms with Crippen LogP contribution in [0.1, 0.15) is 104 Å². The van der Waals surface area contributed by atoms with Gasteiger partial charge in [0.25, 0.3) is 0 Å². The van der Waals surface area contributed by atoms with Crippen molar-refractivity contribution < 1.29 is 50.4 Å². The molecule has 1 rings (SSSR count). The van der Waals surface area contributed by atoms with Crippen LogP contribution in [0.4, 0.5) is 0 Å². The summed E-state index contributed by atoms with van der Waals surface area (Å²) < 4.78 is 5.61. The number of carbonyl (C=O) groups is 1. The van der Waals surface area contributed by atoms with Gasteiger partial charge in [0.15, 0.2) is 0 Å². The second-order valence-corrected chi connectivity index (χ2v) is 13.1. The zero-order chi connectivity index (χ0) is 35.2. The molecule has 0 saturated carbocycles. The van der Waals surface area contributed by atoms with Crippen molar-refractivity contribution in [2.24, 2.45) is 5.92 Å². The minimum atomic E-state index is -1.08. The van der Waals surface area contributed by atoms with Crippen molar-refractivity contribution in [1.29, 1.82) is 0 Å². The number of hydrogen-bond acceptors (Lipinski definition) is 10. The lowest BCUT2D eigenvalue weighted by Gasteiger charge is -2.24. The Balaban J connectivity index is 3.01. The van der Waals surface area contributed by atoms with Gasteiger partial charge in [-0.05, 0) is 70.8 Å². The van der Waals surface area contributed by atoms with Crippen LogP contribution in [0, 0.1) is 5.92 Å². The molecule has 0 saturated heterocycles.